The zero-order valence-corrected chi connectivity index (χ0v) is 11.9. The summed E-state index contributed by atoms with van der Waals surface area (Å²) in [4.78, 5) is 13.5. The summed E-state index contributed by atoms with van der Waals surface area (Å²) in [5.74, 6) is -0.0693. The van der Waals surface area contributed by atoms with E-state index in [1.165, 1.54) is 11.0 Å². The van der Waals surface area contributed by atoms with E-state index in [1.54, 1.807) is 31.3 Å². The number of benzene rings is 1. The molecule has 22 heavy (non-hydrogen) atoms. The van der Waals surface area contributed by atoms with Crippen LogP contribution < -0.4 is 5.46 Å². The maximum absolute atomic E-state index is 12.0. The fourth-order valence-corrected chi connectivity index (χ4v) is 2.55. The first-order valence-electron chi connectivity index (χ1n) is 6.83. The Hall–Kier alpha value is -2.16. The number of hydrogen-bond acceptors (Lipinski definition) is 6. The summed E-state index contributed by atoms with van der Waals surface area (Å²) in [6, 6.07) is 7.97. The van der Waals surface area contributed by atoms with Gasteiger partial charge in [-0.05, 0) is 5.46 Å². The number of likely N-dealkylation sites (tertiary alicyclic amines) is 1. The Balaban J connectivity index is 1.95. The minimum atomic E-state index is -1.66. The molecule has 1 amide bonds. The van der Waals surface area contributed by atoms with Gasteiger partial charge in [0, 0.05) is 31.6 Å². The van der Waals surface area contributed by atoms with Crippen LogP contribution in [0.2, 0.25) is 0 Å². The number of rotatable bonds is 3. The van der Waals surface area contributed by atoms with Crippen LogP contribution in [0.25, 0.3) is 11.3 Å². The Morgan fingerprint density at radius 1 is 1.36 bits per heavy atom. The highest BCUT2D eigenvalue weighted by molar-refractivity contribution is 6.58. The van der Waals surface area contributed by atoms with Crippen molar-refractivity contribution in [2.45, 2.75) is 12.0 Å². The lowest BCUT2D eigenvalue weighted by Gasteiger charge is -2.16. The van der Waals surface area contributed by atoms with Gasteiger partial charge in [0.05, 0.1) is 0 Å². The summed E-state index contributed by atoms with van der Waals surface area (Å²) < 4.78 is 5.20. The molecule has 0 radical (unpaired) electrons. The maximum atomic E-state index is 12.0. The van der Waals surface area contributed by atoms with Crippen molar-refractivity contribution in [1.29, 1.82) is 0 Å². The average molecular weight is 302 g/mol. The summed E-state index contributed by atoms with van der Waals surface area (Å²) in [5, 5.41) is 32.7. The molecule has 0 spiro atoms. The molecule has 1 aliphatic heterocycles. The van der Waals surface area contributed by atoms with E-state index in [4.69, 9.17) is 4.52 Å². The van der Waals surface area contributed by atoms with Crippen molar-refractivity contribution < 1.29 is 24.5 Å². The van der Waals surface area contributed by atoms with Gasteiger partial charge in [-0.3, -0.25) is 4.79 Å². The van der Waals surface area contributed by atoms with Crippen LogP contribution in [0.3, 0.4) is 0 Å². The quantitative estimate of drug-likeness (QED) is 0.633. The van der Waals surface area contributed by atoms with Crippen molar-refractivity contribution in [2.24, 2.45) is 0 Å². The fraction of sp³-hybridized carbons (Fsp3) is 0.286. The van der Waals surface area contributed by atoms with E-state index in [-0.39, 0.29) is 12.1 Å². The van der Waals surface area contributed by atoms with Crippen molar-refractivity contribution in [2.75, 3.05) is 13.6 Å². The van der Waals surface area contributed by atoms with Gasteiger partial charge in [0.2, 0.25) is 0 Å². The lowest BCUT2D eigenvalue weighted by Crippen LogP contribution is -2.36. The Bertz CT molecular complexity index is 717. The molecule has 3 rings (SSSR count). The number of aliphatic hydroxyl groups is 1. The molecule has 0 saturated carbocycles. The Labute approximate surface area is 126 Å². The van der Waals surface area contributed by atoms with Crippen LogP contribution in [0, 0.1) is 0 Å². The van der Waals surface area contributed by atoms with Gasteiger partial charge in [0.15, 0.2) is 11.4 Å². The molecule has 7 nitrogen and oxygen atoms in total. The minimum absolute atomic E-state index is 0.159. The molecule has 8 heteroatoms. The Kier molecular flexibility index (Phi) is 3.52. The van der Waals surface area contributed by atoms with Gasteiger partial charge in [0.25, 0.3) is 5.91 Å². The van der Waals surface area contributed by atoms with Gasteiger partial charge in [-0.2, -0.15) is 0 Å². The number of likely N-dealkylation sites (N-methyl/N-ethyl adjacent to an activating group) is 1. The molecule has 1 fully saturated rings. The molecule has 0 bridgehead atoms. The molecular weight excluding hydrogens is 287 g/mol. The first kappa shape index (κ1) is 14.8. The van der Waals surface area contributed by atoms with E-state index in [0.29, 0.717) is 23.3 Å². The third kappa shape index (κ3) is 2.31. The number of carbonyl (C=O) groups excluding carboxylic acids is 1. The third-order valence-electron chi connectivity index (χ3n) is 3.91. The average Bonchev–Trinajstić information content (AvgIpc) is 3.10. The minimum Gasteiger partial charge on any atom is -0.423 e. The van der Waals surface area contributed by atoms with Crippen LogP contribution in [-0.4, -0.2) is 51.8 Å². The molecule has 114 valence electrons. The van der Waals surface area contributed by atoms with Gasteiger partial charge in [-0.25, -0.2) is 0 Å². The van der Waals surface area contributed by atoms with Crippen molar-refractivity contribution in [1.82, 2.24) is 10.1 Å². The van der Waals surface area contributed by atoms with Crippen LogP contribution in [0.4, 0.5) is 0 Å². The highest BCUT2D eigenvalue weighted by Crippen LogP contribution is 2.33. The first-order valence-corrected chi connectivity index (χ1v) is 6.83. The molecule has 1 aliphatic rings. The number of nitrogens with zero attached hydrogens (tertiary/aromatic N) is 2. The SMILES string of the molecule is CN1CCC(O)(c2cc(-c3cccc(B(O)O)c3)on2)C1=O. The lowest BCUT2D eigenvalue weighted by atomic mass is 9.79. The standard InChI is InChI=1S/C14H15BN2O5/c1-17-6-5-14(19,13(17)18)12-8-11(22-16-12)9-3-2-4-10(7-9)15(20)21/h2-4,7-8,19-21H,5-6H2,1H3. The number of hydrogen-bond donors (Lipinski definition) is 3. The van der Waals surface area contributed by atoms with Gasteiger partial charge in [-0.15, -0.1) is 0 Å². The van der Waals surface area contributed by atoms with Crippen LogP contribution in [0.15, 0.2) is 34.9 Å². The zero-order chi connectivity index (χ0) is 15.9. The zero-order valence-electron chi connectivity index (χ0n) is 11.9. The van der Waals surface area contributed by atoms with Crippen LogP contribution in [0.5, 0.6) is 0 Å². The van der Waals surface area contributed by atoms with Crippen molar-refractivity contribution in [3.05, 3.63) is 36.0 Å². The lowest BCUT2D eigenvalue weighted by molar-refractivity contribution is -0.143. The molecule has 1 unspecified atom stereocenters. The van der Waals surface area contributed by atoms with E-state index in [9.17, 15) is 19.9 Å². The van der Waals surface area contributed by atoms with Crippen molar-refractivity contribution in [3.8, 4) is 11.3 Å². The molecule has 2 heterocycles. The molecule has 1 aromatic heterocycles. The third-order valence-corrected chi connectivity index (χ3v) is 3.91. The summed E-state index contributed by atoms with van der Waals surface area (Å²) in [5.41, 5.74) is -0.616. The Morgan fingerprint density at radius 3 is 2.77 bits per heavy atom. The monoisotopic (exact) mass is 302 g/mol. The summed E-state index contributed by atoms with van der Waals surface area (Å²) in [7, 11) is 0.0320. The summed E-state index contributed by atoms with van der Waals surface area (Å²) in [6.07, 6.45) is 0.254. The van der Waals surface area contributed by atoms with Gasteiger partial charge in [-0.1, -0.05) is 29.4 Å². The highest BCUT2D eigenvalue weighted by atomic mass is 16.5. The van der Waals surface area contributed by atoms with Crippen molar-refractivity contribution in [3.63, 3.8) is 0 Å². The molecule has 1 aromatic carbocycles. The fourth-order valence-electron chi connectivity index (χ4n) is 2.55. The highest BCUT2D eigenvalue weighted by Gasteiger charge is 2.47. The number of aromatic nitrogens is 1. The van der Waals surface area contributed by atoms with E-state index in [2.05, 4.69) is 5.16 Å². The van der Waals surface area contributed by atoms with Crippen LogP contribution >= 0.6 is 0 Å². The second-order valence-electron chi connectivity index (χ2n) is 5.41. The molecular formula is C14H15BN2O5. The maximum Gasteiger partial charge on any atom is 0.488 e. The van der Waals surface area contributed by atoms with Crippen LogP contribution in [-0.2, 0) is 10.4 Å². The predicted octanol–water partition coefficient (Wildman–Crippen LogP) is -0.929. The van der Waals surface area contributed by atoms with E-state index >= 15 is 0 Å². The largest absolute Gasteiger partial charge is 0.488 e. The second-order valence-corrected chi connectivity index (χ2v) is 5.41. The van der Waals surface area contributed by atoms with Crippen LogP contribution in [0.1, 0.15) is 12.1 Å². The van der Waals surface area contributed by atoms with E-state index in [1.807, 2.05) is 0 Å². The molecule has 2 aromatic rings. The second kappa shape index (κ2) is 5.24. The molecule has 1 atom stereocenters. The molecule has 1 saturated heterocycles. The predicted molar refractivity (Wildman–Crippen MR) is 77.9 cm³/mol. The summed E-state index contributed by atoms with van der Waals surface area (Å²) in [6.45, 7) is 0.448. The first-order chi connectivity index (χ1) is 10.4. The molecule has 3 N–H and O–H groups in total. The molecule has 0 aliphatic carbocycles. The summed E-state index contributed by atoms with van der Waals surface area (Å²) >= 11 is 0. The van der Waals surface area contributed by atoms with Gasteiger partial charge >= 0.3 is 7.12 Å². The van der Waals surface area contributed by atoms with Gasteiger partial charge < -0.3 is 24.6 Å². The number of amides is 1. The van der Waals surface area contributed by atoms with E-state index in [0.717, 1.165) is 0 Å². The topological polar surface area (TPSA) is 107 Å². The van der Waals surface area contributed by atoms with E-state index < -0.39 is 18.6 Å². The Morgan fingerprint density at radius 2 is 2.14 bits per heavy atom. The van der Waals surface area contributed by atoms with Gasteiger partial charge in [0.1, 0.15) is 5.69 Å². The normalized spacial score (nSPS) is 21.5. The number of carbonyl (C=O) groups is 1. The van der Waals surface area contributed by atoms with Crippen molar-refractivity contribution >= 4 is 18.5 Å². The smallest absolute Gasteiger partial charge is 0.423 e.